The minimum atomic E-state index is -2.73. The molecule has 25 heavy (non-hydrogen) atoms. The number of ether oxygens (including phenoxy) is 1. The van der Waals surface area contributed by atoms with Gasteiger partial charge in [-0.1, -0.05) is 0 Å². The Morgan fingerprint density at radius 2 is 2.20 bits per heavy atom. The summed E-state index contributed by atoms with van der Waals surface area (Å²) >= 11 is 3.21. The molecule has 1 atom stereocenters. The van der Waals surface area contributed by atoms with Crippen molar-refractivity contribution in [3.8, 4) is 5.75 Å². The number of benzene rings is 1. The van der Waals surface area contributed by atoms with Gasteiger partial charge in [0.1, 0.15) is 18.4 Å². The van der Waals surface area contributed by atoms with Crippen LogP contribution in [0.3, 0.4) is 0 Å². The van der Waals surface area contributed by atoms with Crippen LogP contribution in [-0.4, -0.2) is 33.6 Å². The molecule has 1 heterocycles. The first-order valence-electron chi connectivity index (χ1n) is 6.97. The maximum Gasteiger partial charge on any atom is 0.275 e. The quantitative estimate of drug-likeness (QED) is 0.548. The maximum atomic E-state index is 12.3. The van der Waals surface area contributed by atoms with Crippen LogP contribution in [0.2, 0.25) is 0 Å². The molecule has 1 N–H and O–H groups in total. The molecule has 0 spiro atoms. The minimum absolute atomic E-state index is 0.0570. The predicted molar refractivity (Wildman–Crippen MR) is 87.9 cm³/mol. The zero-order valence-corrected chi connectivity index (χ0v) is 14.4. The van der Waals surface area contributed by atoms with E-state index < -0.39 is 35.6 Å². The summed E-state index contributed by atoms with van der Waals surface area (Å²) in [7, 11) is 0. The summed E-state index contributed by atoms with van der Waals surface area (Å²) in [6, 6.07) is 2.65. The molecule has 1 unspecified atom stereocenters. The lowest BCUT2D eigenvalue weighted by Gasteiger charge is -2.13. The number of nitro groups is 1. The van der Waals surface area contributed by atoms with E-state index >= 15 is 0 Å². The third kappa shape index (κ3) is 5.21. The van der Waals surface area contributed by atoms with Gasteiger partial charge in [0.05, 0.1) is 27.3 Å². The Labute approximate surface area is 149 Å². The number of carbonyl (C=O) groups excluding carboxylic acids is 1. The predicted octanol–water partition coefficient (Wildman–Crippen LogP) is 3.40. The molecule has 0 fully saturated rings. The highest BCUT2D eigenvalue weighted by Crippen LogP contribution is 2.27. The van der Waals surface area contributed by atoms with E-state index in [1.165, 1.54) is 16.9 Å². The number of hydrogen-bond donors (Lipinski definition) is 1. The smallest absolute Gasteiger partial charge is 0.275 e. The third-order valence-electron chi connectivity index (χ3n) is 3.09. The zero-order valence-electron chi connectivity index (χ0n) is 12.9. The van der Waals surface area contributed by atoms with Crippen molar-refractivity contribution in [1.82, 2.24) is 9.78 Å². The molecule has 8 nitrogen and oxygen atoms in total. The van der Waals surface area contributed by atoms with Crippen LogP contribution in [0.25, 0.3) is 0 Å². The zero-order chi connectivity index (χ0) is 18.6. The average molecular weight is 419 g/mol. The Balaban J connectivity index is 2.19. The Morgan fingerprint density at radius 1 is 1.48 bits per heavy atom. The number of nitro benzene ring substituents is 1. The fourth-order valence-corrected chi connectivity index (χ4v) is 2.20. The first-order chi connectivity index (χ1) is 11.8. The molecule has 1 aromatic carbocycles. The second kappa shape index (κ2) is 8.01. The molecule has 0 aliphatic heterocycles. The van der Waals surface area contributed by atoms with E-state index in [1.54, 1.807) is 13.1 Å². The molecule has 0 bridgehead atoms. The van der Waals surface area contributed by atoms with Gasteiger partial charge in [0.25, 0.3) is 12.1 Å². The van der Waals surface area contributed by atoms with Crippen LogP contribution < -0.4 is 10.1 Å². The summed E-state index contributed by atoms with van der Waals surface area (Å²) < 4.78 is 31.4. The number of hydrogen-bond acceptors (Lipinski definition) is 5. The Kier molecular flexibility index (Phi) is 6.02. The van der Waals surface area contributed by atoms with Crippen LogP contribution in [0.4, 0.5) is 20.2 Å². The van der Waals surface area contributed by atoms with Crippen molar-refractivity contribution < 1.29 is 23.2 Å². The molecule has 2 rings (SSSR count). The van der Waals surface area contributed by atoms with Gasteiger partial charge in [-0.3, -0.25) is 19.6 Å². The fraction of sp³-hybridized carbons (Fsp3) is 0.286. The summed E-state index contributed by atoms with van der Waals surface area (Å²) in [5, 5.41) is 17.4. The van der Waals surface area contributed by atoms with Crippen LogP contribution in [0, 0.1) is 10.1 Å². The molecule has 0 saturated carbocycles. The van der Waals surface area contributed by atoms with Gasteiger partial charge in [0.15, 0.2) is 0 Å². The van der Waals surface area contributed by atoms with E-state index in [-0.39, 0.29) is 11.4 Å². The molecular formula is C14H13BrF2N4O4. The van der Waals surface area contributed by atoms with Gasteiger partial charge in [0, 0.05) is 18.3 Å². The van der Waals surface area contributed by atoms with Gasteiger partial charge >= 0.3 is 0 Å². The monoisotopic (exact) mass is 418 g/mol. The second-order valence-electron chi connectivity index (χ2n) is 4.98. The molecule has 0 aliphatic rings. The number of carbonyl (C=O) groups is 1. The summed E-state index contributed by atoms with van der Waals surface area (Å²) in [5.41, 5.74) is -0.335. The molecule has 11 heteroatoms. The van der Waals surface area contributed by atoms with Crippen molar-refractivity contribution in [2.24, 2.45) is 0 Å². The number of anilines is 1. The highest BCUT2D eigenvalue weighted by molar-refractivity contribution is 9.10. The number of nitrogens with one attached hydrogen (secondary N) is 1. The number of halogens is 3. The van der Waals surface area contributed by atoms with Gasteiger partial charge in [-0.15, -0.1) is 0 Å². The summed E-state index contributed by atoms with van der Waals surface area (Å²) in [6.07, 6.45) is 0.373. The summed E-state index contributed by atoms with van der Waals surface area (Å²) in [5.74, 6) is -0.629. The van der Waals surface area contributed by atoms with Gasteiger partial charge in [-0.25, -0.2) is 8.78 Å². The fourth-order valence-electron chi connectivity index (χ4n) is 1.90. The van der Waals surface area contributed by atoms with E-state index in [1.807, 2.05) is 0 Å². The van der Waals surface area contributed by atoms with Crippen LogP contribution in [-0.2, 0) is 4.79 Å². The lowest BCUT2D eigenvalue weighted by atomic mass is 10.2. The van der Waals surface area contributed by atoms with Crippen molar-refractivity contribution in [3.63, 3.8) is 0 Å². The highest BCUT2D eigenvalue weighted by atomic mass is 79.9. The molecule has 0 saturated heterocycles. The van der Waals surface area contributed by atoms with E-state index in [9.17, 15) is 23.7 Å². The molecule has 134 valence electrons. The first-order valence-corrected chi connectivity index (χ1v) is 7.76. The number of non-ortho nitro benzene ring substituents is 1. The van der Waals surface area contributed by atoms with Crippen molar-refractivity contribution in [2.45, 2.75) is 19.4 Å². The number of alkyl halides is 2. The Hall–Kier alpha value is -2.56. The molecule has 2 aromatic rings. The van der Waals surface area contributed by atoms with Gasteiger partial charge in [0.2, 0.25) is 5.91 Å². The van der Waals surface area contributed by atoms with E-state index in [4.69, 9.17) is 4.74 Å². The number of aromatic nitrogens is 2. The largest absolute Gasteiger partial charge is 0.487 e. The molecular weight excluding hydrogens is 406 g/mol. The van der Waals surface area contributed by atoms with Crippen LogP contribution >= 0.6 is 15.9 Å². The van der Waals surface area contributed by atoms with Crippen LogP contribution in [0.1, 0.15) is 13.0 Å². The number of amides is 1. The van der Waals surface area contributed by atoms with E-state index in [0.29, 0.717) is 4.47 Å². The number of rotatable bonds is 7. The lowest BCUT2D eigenvalue weighted by Crippen LogP contribution is -2.24. The SMILES string of the molecule is CC(C(=O)Nc1cc(OCC(F)F)cc([N+](=O)[O-])c1)n1cc(Br)cn1. The standard InChI is InChI=1S/C14H13BrF2N4O4/c1-8(20-6-9(15)5-18-20)14(22)19-10-2-11(21(23)24)4-12(3-10)25-7-13(16)17/h2-6,8,13H,7H2,1H3,(H,19,22). The highest BCUT2D eigenvalue weighted by Gasteiger charge is 2.18. The third-order valence-corrected chi connectivity index (χ3v) is 3.50. The summed E-state index contributed by atoms with van der Waals surface area (Å²) in [6.45, 7) is 0.673. The topological polar surface area (TPSA) is 99.3 Å². The van der Waals surface area contributed by atoms with Gasteiger partial charge in [-0.2, -0.15) is 5.10 Å². The lowest BCUT2D eigenvalue weighted by molar-refractivity contribution is -0.384. The maximum absolute atomic E-state index is 12.3. The normalized spacial score (nSPS) is 12.0. The van der Waals surface area contributed by atoms with Crippen molar-refractivity contribution in [2.75, 3.05) is 11.9 Å². The first kappa shape index (κ1) is 18.8. The van der Waals surface area contributed by atoms with Crippen molar-refractivity contribution in [1.29, 1.82) is 0 Å². The van der Waals surface area contributed by atoms with Crippen LogP contribution in [0.15, 0.2) is 35.1 Å². The Bertz CT molecular complexity index is 784. The molecule has 0 radical (unpaired) electrons. The Morgan fingerprint density at radius 3 is 2.76 bits per heavy atom. The van der Waals surface area contributed by atoms with Gasteiger partial charge in [-0.05, 0) is 22.9 Å². The van der Waals surface area contributed by atoms with Crippen molar-refractivity contribution in [3.05, 3.63) is 45.2 Å². The van der Waals surface area contributed by atoms with Crippen molar-refractivity contribution >= 4 is 33.2 Å². The molecule has 1 aromatic heterocycles. The summed E-state index contributed by atoms with van der Waals surface area (Å²) in [4.78, 5) is 22.5. The van der Waals surface area contributed by atoms with E-state index in [0.717, 1.165) is 12.1 Å². The molecule has 0 aliphatic carbocycles. The second-order valence-corrected chi connectivity index (χ2v) is 5.89. The minimum Gasteiger partial charge on any atom is -0.487 e. The van der Waals surface area contributed by atoms with Crippen LogP contribution in [0.5, 0.6) is 5.75 Å². The molecule has 1 amide bonds. The van der Waals surface area contributed by atoms with E-state index in [2.05, 4.69) is 26.3 Å². The number of nitrogens with zero attached hydrogens (tertiary/aromatic N) is 3. The van der Waals surface area contributed by atoms with Gasteiger partial charge < -0.3 is 10.1 Å². The average Bonchev–Trinajstić information content (AvgIpc) is 2.98.